The van der Waals surface area contributed by atoms with Crippen LogP contribution in [0.2, 0.25) is 0 Å². The minimum absolute atomic E-state index is 0.109. The van der Waals surface area contributed by atoms with E-state index in [9.17, 15) is 13.2 Å². The van der Waals surface area contributed by atoms with Crippen LogP contribution in [0.15, 0.2) is 23.1 Å². The molecule has 2 N–H and O–H groups in total. The lowest BCUT2D eigenvalue weighted by molar-refractivity contribution is 0.0696. The molecule has 0 aromatic heterocycles. The zero-order valence-electron chi connectivity index (χ0n) is 7.67. The maximum Gasteiger partial charge on any atom is 0.335 e. The molecule has 0 atom stereocenters. The van der Waals surface area contributed by atoms with Crippen molar-refractivity contribution in [1.29, 1.82) is 0 Å². The number of carbonyl (C=O) groups is 1. The monoisotopic (exact) mass is 232 g/mol. The SMILES string of the molecule is COc1ccc(C(=O)O)cc1S(=O)(=O)O. The number of carboxylic acid groups (broad SMARTS) is 1. The first-order chi connectivity index (χ1) is 6.86. The summed E-state index contributed by atoms with van der Waals surface area (Å²) in [6, 6.07) is 3.17. The molecule has 0 aliphatic rings. The number of ether oxygens (including phenoxy) is 1. The van der Waals surface area contributed by atoms with Gasteiger partial charge in [-0.1, -0.05) is 0 Å². The summed E-state index contributed by atoms with van der Waals surface area (Å²) in [7, 11) is -3.28. The predicted molar refractivity (Wildman–Crippen MR) is 49.8 cm³/mol. The minimum atomic E-state index is -4.49. The fourth-order valence-electron chi connectivity index (χ4n) is 1.01. The summed E-state index contributed by atoms with van der Waals surface area (Å²) in [4.78, 5) is 10.00. The van der Waals surface area contributed by atoms with Crippen molar-refractivity contribution in [1.82, 2.24) is 0 Å². The van der Waals surface area contributed by atoms with Crippen LogP contribution < -0.4 is 4.74 Å². The second kappa shape index (κ2) is 3.87. The molecular formula is C8H8O6S. The van der Waals surface area contributed by atoms with Crippen LogP contribution in [0, 0.1) is 0 Å². The maximum atomic E-state index is 10.9. The molecule has 0 saturated carbocycles. The van der Waals surface area contributed by atoms with Crippen molar-refractivity contribution in [2.75, 3.05) is 7.11 Å². The number of methoxy groups -OCH3 is 1. The van der Waals surface area contributed by atoms with Crippen LogP contribution >= 0.6 is 0 Å². The van der Waals surface area contributed by atoms with Crippen molar-refractivity contribution < 1.29 is 27.6 Å². The molecule has 0 amide bonds. The molecule has 82 valence electrons. The van der Waals surface area contributed by atoms with Gasteiger partial charge < -0.3 is 9.84 Å². The van der Waals surface area contributed by atoms with E-state index in [-0.39, 0.29) is 11.3 Å². The molecule has 6 nitrogen and oxygen atoms in total. The summed E-state index contributed by atoms with van der Waals surface area (Å²) in [6.45, 7) is 0. The second-order valence-corrected chi connectivity index (χ2v) is 4.04. The first kappa shape index (κ1) is 11.5. The first-order valence-corrected chi connectivity index (χ1v) is 5.19. The standard InChI is InChI=1S/C8H8O6S/c1-14-6-3-2-5(8(9)10)4-7(6)15(11,12)13/h2-4H,1H3,(H,9,10)(H,11,12,13). The number of hydrogen-bond acceptors (Lipinski definition) is 4. The molecule has 0 bridgehead atoms. The molecule has 1 aromatic carbocycles. The largest absolute Gasteiger partial charge is 0.495 e. The van der Waals surface area contributed by atoms with Crippen LogP contribution in [0.5, 0.6) is 5.75 Å². The number of hydrogen-bond donors (Lipinski definition) is 2. The van der Waals surface area contributed by atoms with Crippen molar-refractivity contribution in [2.24, 2.45) is 0 Å². The number of aromatic carboxylic acids is 1. The maximum absolute atomic E-state index is 10.9. The van der Waals surface area contributed by atoms with Gasteiger partial charge in [-0.15, -0.1) is 0 Å². The van der Waals surface area contributed by atoms with Crippen molar-refractivity contribution in [2.45, 2.75) is 4.90 Å². The zero-order chi connectivity index (χ0) is 11.6. The van der Waals surface area contributed by atoms with Gasteiger partial charge in [0.05, 0.1) is 12.7 Å². The van der Waals surface area contributed by atoms with Gasteiger partial charge in [-0.05, 0) is 18.2 Å². The molecule has 0 saturated heterocycles. The number of benzene rings is 1. The van der Waals surface area contributed by atoms with E-state index in [1.165, 1.54) is 13.2 Å². The van der Waals surface area contributed by atoms with E-state index in [4.69, 9.17) is 9.66 Å². The lowest BCUT2D eigenvalue weighted by atomic mass is 10.2. The van der Waals surface area contributed by atoms with E-state index in [0.29, 0.717) is 0 Å². The Morgan fingerprint density at radius 2 is 2.00 bits per heavy atom. The van der Waals surface area contributed by atoms with Crippen molar-refractivity contribution in [3.8, 4) is 5.75 Å². The predicted octanol–water partition coefficient (Wildman–Crippen LogP) is 0.640. The Hall–Kier alpha value is -1.60. The van der Waals surface area contributed by atoms with Gasteiger partial charge in [0.25, 0.3) is 10.1 Å². The lowest BCUT2D eigenvalue weighted by Crippen LogP contribution is -2.04. The third kappa shape index (κ3) is 2.45. The lowest BCUT2D eigenvalue weighted by Gasteiger charge is -2.06. The summed E-state index contributed by atoms with van der Waals surface area (Å²) < 4.78 is 35.2. The summed E-state index contributed by atoms with van der Waals surface area (Å²) >= 11 is 0. The average molecular weight is 232 g/mol. The smallest absolute Gasteiger partial charge is 0.335 e. The van der Waals surface area contributed by atoms with Gasteiger partial charge in [-0.2, -0.15) is 8.42 Å². The first-order valence-electron chi connectivity index (χ1n) is 3.75. The molecule has 0 heterocycles. The Labute approximate surface area is 85.9 Å². The zero-order valence-corrected chi connectivity index (χ0v) is 8.48. The van der Waals surface area contributed by atoms with Gasteiger partial charge in [0.2, 0.25) is 0 Å². The Morgan fingerprint density at radius 1 is 1.40 bits per heavy atom. The van der Waals surface area contributed by atoms with Gasteiger partial charge in [0, 0.05) is 0 Å². The summed E-state index contributed by atoms with van der Waals surface area (Å²) in [5.74, 6) is -1.40. The Bertz CT molecular complexity index is 490. The third-order valence-electron chi connectivity index (χ3n) is 1.69. The molecule has 0 fully saturated rings. The Morgan fingerprint density at radius 3 is 2.40 bits per heavy atom. The van der Waals surface area contributed by atoms with Crippen molar-refractivity contribution in [3.05, 3.63) is 23.8 Å². The van der Waals surface area contributed by atoms with Crippen LogP contribution in [0.4, 0.5) is 0 Å². The van der Waals surface area contributed by atoms with Gasteiger partial charge in [-0.3, -0.25) is 4.55 Å². The Kier molecular flexibility index (Phi) is 2.96. The van der Waals surface area contributed by atoms with E-state index in [1.807, 2.05) is 0 Å². The number of rotatable bonds is 3. The molecule has 15 heavy (non-hydrogen) atoms. The quantitative estimate of drug-likeness (QED) is 0.741. The highest BCUT2D eigenvalue weighted by Gasteiger charge is 2.18. The molecule has 1 aromatic rings. The van der Waals surface area contributed by atoms with E-state index < -0.39 is 21.0 Å². The van der Waals surface area contributed by atoms with E-state index in [0.717, 1.165) is 12.1 Å². The molecule has 0 aliphatic heterocycles. The molecule has 7 heteroatoms. The van der Waals surface area contributed by atoms with Crippen LogP contribution in [-0.4, -0.2) is 31.2 Å². The van der Waals surface area contributed by atoms with Crippen molar-refractivity contribution >= 4 is 16.1 Å². The topological polar surface area (TPSA) is 101 Å². The van der Waals surface area contributed by atoms with Gasteiger partial charge in [0.15, 0.2) is 0 Å². The fraction of sp³-hybridized carbons (Fsp3) is 0.125. The van der Waals surface area contributed by atoms with Gasteiger partial charge in [-0.25, -0.2) is 4.79 Å². The molecule has 0 radical (unpaired) electrons. The Balaban J connectivity index is 3.46. The highest BCUT2D eigenvalue weighted by Crippen LogP contribution is 2.24. The molecular weight excluding hydrogens is 224 g/mol. The normalized spacial score (nSPS) is 11.1. The van der Waals surface area contributed by atoms with E-state index in [1.54, 1.807) is 0 Å². The van der Waals surface area contributed by atoms with Crippen LogP contribution in [0.25, 0.3) is 0 Å². The average Bonchev–Trinajstić information content (AvgIpc) is 2.15. The van der Waals surface area contributed by atoms with Crippen molar-refractivity contribution in [3.63, 3.8) is 0 Å². The van der Waals surface area contributed by atoms with Crippen LogP contribution in [-0.2, 0) is 10.1 Å². The van der Waals surface area contributed by atoms with E-state index in [2.05, 4.69) is 4.74 Å². The van der Waals surface area contributed by atoms with E-state index >= 15 is 0 Å². The molecule has 0 unspecified atom stereocenters. The minimum Gasteiger partial charge on any atom is -0.495 e. The second-order valence-electron chi connectivity index (χ2n) is 2.65. The third-order valence-corrected chi connectivity index (χ3v) is 2.56. The van der Waals surface area contributed by atoms with Gasteiger partial charge >= 0.3 is 5.97 Å². The summed E-state index contributed by atoms with van der Waals surface area (Å²) in [6.07, 6.45) is 0. The fourth-order valence-corrected chi connectivity index (χ4v) is 1.69. The summed E-state index contributed by atoms with van der Waals surface area (Å²) in [5, 5.41) is 8.62. The number of carboxylic acids is 1. The van der Waals surface area contributed by atoms with Crippen LogP contribution in [0.1, 0.15) is 10.4 Å². The molecule has 1 rings (SSSR count). The van der Waals surface area contributed by atoms with Gasteiger partial charge in [0.1, 0.15) is 10.6 Å². The highest BCUT2D eigenvalue weighted by molar-refractivity contribution is 7.86. The molecule has 0 aliphatic carbocycles. The highest BCUT2D eigenvalue weighted by atomic mass is 32.2. The van der Waals surface area contributed by atoms with Crippen LogP contribution in [0.3, 0.4) is 0 Å². The molecule has 0 spiro atoms. The summed E-state index contributed by atoms with van der Waals surface area (Å²) in [5.41, 5.74) is -0.247.